The van der Waals surface area contributed by atoms with Crippen LogP contribution in [0.2, 0.25) is 0 Å². The Hall–Kier alpha value is -1.86. The number of halogens is 6. The van der Waals surface area contributed by atoms with E-state index in [2.05, 4.69) is 9.47 Å². The van der Waals surface area contributed by atoms with E-state index in [-0.39, 0.29) is 11.5 Å². The van der Waals surface area contributed by atoms with Crippen molar-refractivity contribution >= 4 is 0 Å². The lowest BCUT2D eigenvalue weighted by atomic mass is 10.2. The van der Waals surface area contributed by atoms with Crippen LogP contribution in [-0.4, -0.2) is 12.4 Å². The van der Waals surface area contributed by atoms with Gasteiger partial charge in [-0.05, 0) is 12.1 Å². The van der Waals surface area contributed by atoms with Gasteiger partial charge in [-0.25, -0.2) is 0 Å². The zero-order valence-corrected chi connectivity index (χ0v) is 8.39. The van der Waals surface area contributed by atoms with E-state index in [0.717, 1.165) is 0 Å². The molecule has 0 N–H and O–H groups in total. The Bertz CT molecular complexity index is 457. The van der Waals surface area contributed by atoms with Crippen molar-refractivity contribution in [3.05, 3.63) is 35.8 Å². The minimum absolute atomic E-state index is 0.196. The van der Waals surface area contributed by atoms with Crippen LogP contribution in [0.4, 0.5) is 26.3 Å². The Morgan fingerprint density at radius 2 is 1.17 bits per heavy atom. The van der Waals surface area contributed by atoms with E-state index in [1.165, 1.54) is 24.3 Å². The molecule has 1 aromatic carbocycles. The van der Waals surface area contributed by atoms with Crippen LogP contribution in [0.5, 0.6) is 11.5 Å². The maximum atomic E-state index is 12.4. The molecule has 1 aliphatic heterocycles. The summed E-state index contributed by atoms with van der Waals surface area (Å²) in [5.41, 5.74) is -2.80. The molecule has 0 aliphatic carbocycles. The van der Waals surface area contributed by atoms with Crippen molar-refractivity contribution in [3.8, 4) is 11.5 Å². The lowest BCUT2D eigenvalue weighted by Crippen LogP contribution is -2.29. The predicted octanol–water partition coefficient (Wildman–Crippen LogP) is 3.79. The topological polar surface area (TPSA) is 18.5 Å². The molecule has 2 nitrogen and oxygen atoms in total. The van der Waals surface area contributed by atoms with Crippen LogP contribution in [0.25, 0.3) is 0 Å². The first-order valence-corrected chi connectivity index (χ1v) is 4.53. The van der Waals surface area contributed by atoms with E-state index in [1.807, 2.05) is 0 Å². The normalized spacial score (nSPS) is 14.9. The molecule has 0 amide bonds. The average molecular weight is 270 g/mol. The summed E-state index contributed by atoms with van der Waals surface area (Å²) < 4.78 is 83.0. The zero-order chi connectivity index (χ0) is 13.6. The highest BCUT2D eigenvalue weighted by atomic mass is 19.4. The number of para-hydroxylation sites is 2. The molecule has 0 fully saturated rings. The predicted molar refractivity (Wildman–Crippen MR) is 46.8 cm³/mol. The highest BCUT2D eigenvalue weighted by molar-refractivity contribution is 5.45. The average Bonchev–Trinajstić information content (AvgIpc) is 2.54. The van der Waals surface area contributed by atoms with Crippen molar-refractivity contribution in [2.24, 2.45) is 0 Å². The van der Waals surface area contributed by atoms with Gasteiger partial charge in [0, 0.05) is 0 Å². The summed E-state index contributed by atoms with van der Waals surface area (Å²) in [6, 6.07) is 5.19. The molecule has 0 radical (unpaired) electrons. The number of rotatable bonds is 0. The molecule has 98 valence electrons. The second-order valence-corrected chi connectivity index (χ2v) is 3.31. The van der Waals surface area contributed by atoms with Gasteiger partial charge >= 0.3 is 18.3 Å². The lowest BCUT2D eigenvalue weighted by Gasteiger charge is -2.15. The first-order chi connectivity index (χ1) is 8.19. The Balaban J connectivity index is 2.49. The van der Waals surface area contributed by atoms with E-state index in [9.17, 15) is 26.3 Å². The third-order valence-corrected chi connectivity index (χ3v) is 2.03. The van der Waals surface area contributed by atoms with E-state index in [0.29, 0.717) is 0 Å². The van der Waals surface area contributed by atoms with E-state index >= 15 is 0 Å². The SMILES string of the molecule is FC(F)(F)C(=C1Oc2ccccc2O1)C(F)(F)F. The standard InChI is InChI=1S/C10H4F6O2/c11-9(12,13)7(10(14,15)16)8-17-5-3-1-2-4-6(5)18-8/h1-4H. The molecular formula is C10H4F6O2. The third-order valence-electron chi connectivity index (χ3n) is 2.03. The lowest BCUT2D eigenvalue weighted by molar-refractivity contribution is -0.177. The van der Waals surface area contributed by atoms with Gasteiger partial charge in [-0.2, -0.15) is 26.3 Å². The number of hydrogen-bond acceptors (Lipinski definition) is 2. The Kier molecular flexibility index (Phi) is 2.67. The summed E-state index contributed by atoms with van der Waals surface area (Å²) in [6.45, 7) is 0. The van der Waals surface area contributed by atoms with Crippen molar-refractivity contribution in [1.82, 2.24) is 0 Å². The van der Waals surface area contributed by atoms with Crippen LogP contribution in [0.1, 0.15) is 0 Å². The second-order valence-electron chi connectivity index (χ2n) is 3.31. The summed E-state index contributed by atoms with van der Waals surface area (Å²) in [5, 5.41) is 0. The fourth-order valence-corrected chi connectivity index (χ4v) is 1.33. The van der Waals surface area contributed by atoms with Crippen molar-refractivity contribution in [1.29, 1.82) is 0 Å². The number of ether oxygens (including phenoxy) is 2. The fourth-order valence-electron chi connectivity index (χ4n) is 1.33. The van der Waals surface area contributed by atoms with Crippen molar-refractivity contribution in [2.45, 2.75) is 12.4 Å². The highest BCUT2D eigenvalue weighted by Crippen LogP contribution is 2.45. The van der Waals surface area contributed by atoms with Crippen LogP contribution in [-0.2, 0) is 0 Å². The molecule has 18 heavy (non-hydrogen) atoms. The number of allylic oxidation sites excluding steroid dienone is 1. The Morgan fingerprint density at radius 1 is 0.778 bits per heavy atom. The molecule has 1 heterocycles. The van der Waals surface area contributed by atoms with Crippen molar-refractivity contribution < 1.29 is 35.8 Å². The van der Waals surface area contributed by atoms with E-state index < -0.39 is 23.9 Å². The van der Waals surface area contributed by atoms with Crippen LogP contribution < -0.4 is 9.47 Å². The maximum absolute atomic E-state index is 12.4. The zero-order valence-electron chi connectivity index (χ0n) is 8.39. The molecular weight excluding hydrogens is 266 g/mol. The Morgan fingerprint density at radius 3 is 1.50 bits per heavy atom. The van der Waals surface area contributed by atoms with Gasteiger partial charge in [0.05, 0.1) is 0 Å². The quantitative estimate of drug-likeness (QED) is 0.668. The molecule has 0 aromatic heterocycles. The van der Waals surface area contributed by atoms with Crippen LogP contribution >= 0.6 is 0 Å². The monoisotopic (exact) mass is 270 g/mol. The number of alkyl halides is 6. The van der Waals surface area contributed by atoms with E-state index in [4.69, 9.17) is 0 Å². The summed E-state index contributed by atoms with van der Waals surface area (Å²) in [6.07, 6.45) is -11.2. The Labute approximate surface area is 96.4 Å². The molecule has 0 spiro atoms. The van der Waals surface area contributed by atoms with Gasteiger partial charge in [0.2, 0.25) is 5.57 Å². The van der Waals surface area contributed by atoms with Gasteiger partial charge in [-0.1, -0.05) is 12.1 Å². The summed E-state index contributed by atoms with van der Waals surface area (Å²) in [5.74, 6) is -1.99. The number of benzene rings is 1. The highest BCUT2D eigenvalue weighted by Gasteiger charge is 2.56. The molecule has 0 saturated carbocycles. The van der Waals surface area contributed by atoms with Crippen LogP contribution in [0.3, 0.4) is 0 Å². The molecule has 0 bridgehead atoms. The molecule has 1 aromatic rings. The van der Waals surface area contributed by atoms with Gasteiger partial charge in [0.1, 0.15) is 0 Å². The molecule has 0 atom stereocenters. The summed E-state index contributed by atoms with van der Waals surface area (Å²) in [4.78, 5) is 0. The number of fused-ring (bicyclic) bond motifs is 1. The smallest absolute Gasteiger partial charge is 0.422 e. The summed E-state index contributed by atoms with van der Waals surface area (Å²) >= 11 is 0. The van der Waals surface area contributed by atoms with Crippen molar-refractivity contribution in [2.75, 3.05) is 0 Å². The van der Waals surface area contributed by atoms with Gasteiger partial charge < -0.3 is 9.47 Å². The molecule has 8 heteroatoms. The van der Waals surface area contributed by atoms with Gasteiger partial charge in [-0.15, -0.1) is 0 Å². The van der Waals surface area contributed by atoms with Crippen LogP contribution in [0, 0.1) is 0 Å². The second kappa shape index (κ2) is 3.82. The molecule has 2 rings (SSSR count). The fraction of sp³-hybridized carbons (Fsp3) is 0.200. The van der Waals surface area contributed by atoms with Gasteiger partial charge in [0.25, 0.3) is 0 Å². The molecule has 0 unspecified atom stereocenters. The molecule has 0 saturated heterocycles. The molecule has 1 aliphatic rings. The van der Waals surface area contributed by atoms with Gasteiger partial charge in [-0.3, -0.25) is 0 Å². The third kappa shape index (κ3) is 2.22. The minimum atomic E-state index is -5.62. The number of hydrogen-bond donors (Lipinski definition) is 0. The first kappa shape index (κ1) is 12.6. The maximum Gasteiger partial charge on any atom is 0.428 e. The van der Waals surface area contributed by atoms with Gasteiger partial charge in [0.15, 0.2) is 11.5 Å². The summed E-state index contributed by atoms with van der Waals surface area (Å²) in [7, 11) is 0. The minimum Gasteiger partial charge on any atom is -0.422 e. The first-order valence-electron chi connectivity index (χ1n) is 4.53. The van der Waals surface area contributed by atoms with E-state index in [1.54, 1.807) is 0 Å². The van der Waals surface area contributed by atoms with Crippen molar-refractivity contribution in [3.63, 3.8) is 0 Å². The largest absolute Gasteiger partial charge is 0.428 e. The van der Waals surface area contributed by atoms with Crippen LogP contribution in [0.15, 0.2) is 35.8 Å².